The lowest BCUT2D eigenvalue weighted by atomic mass is 10.3. The molecule has 0 fully saturated rings. The van der Waals surface area contributed by atoms with Crippen LogP contribution in [0.25, 0.3) is 5.69 Å². The van der Waals surface area contributed by atoms with Crippen LogP contribution in [0.3, 0.4) is 0 Å². The first-order chi connectivity index (χ1) is 9.06. The van der Waals surface area contributed by atoms with Crippen molar-refractivity contribution in [2.45, 2.75) is 0 Å². The minimum atomic E-state index is -1.30. The topological polar surface area (TPSA) is 120 Å². The zero-order valence-electron chi connectivity index (χ0n) is 9.90. The molecule has 0 aromatic carbocycles. The molecule has 3 N–H and O–H groups in total. The van der Waals surface area contributed by atoms with Crippen LogP contribution in [0.1, 0.15) is 21.0 Å². The molecule has 0 aliphatic rings. The van der Waals surface area contributed by atoms with E-state index in [4.69, 9.17) is 10.8 Å². The van der Waals surface area contributed by atoms with E-state index in [1.54, 1.807) is 12.1 Å². The Morgan fingerprint density at radius 2 is 2.21 bits per heavy atom. The van der Waals surface area contributed by atoms with Crippen molar-refractivity contribution in [1.29, 1.82) is 0 Å². The second kappa shape index (κ2) is 4.77. The highest BCUT2D eigenvalue weighted by molar-refractivity contribution is 6.01. The predicted octanol–water partition coefficient (Wildman–Crippen LogP) is 0.334. The molecule has 8 nitrogen and oxygen atoms in total. The normalized spacial score (nSPS) is 10.2. The molecule has 19 heavy (non-hydrogen) atoms. The number of aromatic carboxylic acids is 1. The van der Waals surface area contributed by atoms with Gasteiger partial charge in [0, 0.05) is 6.20 Å². The third kappa shape index (κ3) is 2.10. The fourth-order valence-electron chi connectivity index (χ4n) is 1.55. The van der Waals surface area contributed by atoms with Gasteiger partial charge in [0.1, 0.15) is 5.69 Å². The molecule has 8 heteroatoms. The van der Waals surface area contributed by atoms with Gasteiger partial charge < -0.3 is 15.6 Å². The lowest BCUT2D eigenvalue weighted by Crippen LogP contribution is -2.10. The van der Waals surface area contributed by atoms with Crippen molar-refractivity contribution in [2.75, 3.05) is 12.8 Å². The molecule has 0 bridgehead atoms. The molecule has 0 amide bonds. The first-order valence-electron chi connectivity index (χ1n) is 5.16. The highest BCUT2D eigenvalue weighted by atomic mass is 16.5. The Balaban J connectivity index is 2.67. The lowest BCUT2D eigenvalue weighted by molar-refractivity contribution is 0.0594. The summed E-state index contributed by atoms with van der Waals surface area (Å²) in [6.45, 7) is 0. The zero-order chi connectivity index (χ0) is 14.0. The Hall–Kier alpha value is -2.90. The first kappa shape index (κ1) is 12.6. The number of nitrogens with two attached hydrogens (primary N) is 1. The van der Waals surface area contributed by atoms with E-state index in [9.17, 15) is 9.59 Å². The van der Waals surface area contributed by atoms with E-state index in [2.05, 4.69) is 14.8 Å². The Morgan fingerprint density at radius 3 is 2.74 bits per heavy atom. The average Bonchev–Trinajstić information content (AvgIpc) is 2.76. The number of hydrogen-bond acceptors (Lipinski definition) is 6. The molecular weight excluding hydrogens is 252 g/mol. The van der Waals surface area contributed by atoms with Gasteiger partial charge in [-0.1, -0.05) is 0 Å². The van der Waals surface area contributed by atoms with Crippen molar-refractivity contribution in [3.63, 3.8) is 0 Å². The number of ether oxygens (including phenoxy) is 1. The summed E-state index contributed by atoms with van der Waals surface area (Å²) in [5, 5.41) is 13.0. The minimum absolute atomic E-state index is 0.247. The maximum Gasteiger partial charge on any atom is 0.360 e. The molecule has 2 rings (SSSR count). The van der Waals surface area contributed by atoms with E-state index < -0.39 is 11.9 Å². The number of nitrogen functional groups attached to an aromatic ring is 1. The number of nitrogens with zero attached hydrogens (tertiary/aromatic N) is 3. The van der Waals surface area contributed by atoms with E-state index in [-0.39, 0.29) is 17.1 Å². The molecule has 2 aromatic rings. The third-order valence-corrected chi connectivity index (χ3v) is 2.39. The number of carboxylic acid groups (broad SMARTS) is 1. The maximum atomic E-state index is 11.5. The summed E-state index contributed by atoms with van der Waals surface area (Å²) < 4.78 is 5.54. The van der Waals surface area contributed by atoms with Gasteiger partial charge in [0.25, 0.3) is 0 Å². The number of methoxy groups -OCH3 is 1. The van der Waals surface area contributed by atoms with Crippen LogP contribution >= 0.6 is 0 Å². The van der Waals surface area contributed by atoms with E-state index in [1.165, 1.54) is 12.4 Å². The van der Waals surface area contributed by atoms with Gasteiger partial charge in [-0.2, -0.15) is 5.10 Å². The number of carbonyl (C=O) groups is 2. The summed E-state index contributed by atoms with van der Waals surface area (Å²) in [7, 11) is 1.16. The van der Waals surface area contributed by atoms with Crippen LogP contribution in [-0.4, -0.2) is 38.9 Å². The van der Waals surface area contributed by atoms with Crippen molar-refractivity contribution < 1.29 is 19.4 Å². The maximum absolute atomic E-state index is 11.5. The van der Waals surface area contributed by atoms with Crippen molar-refractivity contribution >= 4 is 17.6 Å². The standard InChI is InChI=1S/C11H10N4O4/c1-19-11(18)8-7(12)9(10(16)17)15(14-8)6-3-2-4-13-5-6/h2-5H,12H2,1H3,(H,16,17). The number of carboxylic acids is 1. The Bertz CT molecular complexity index is 636. The third-order valence-electron chi connectivity index (χ3n) is 2.39. The van der Waals surface area contributed by atoms with Crippen LogP contribution in [-0.2, 0) is 4.74 Å². The van der Waals surface area contributed by atoms with E-state index >= 15 is 0 Å². The Morgan fingerprint density at radius 1 is 1.47 bits per heavy atom. The van der Waals surface area contributed by atoms with Gasteiger partial charge in [0.05, 0.1) is 19.0 Å². The van der Waals surface area contributed by atoms with Gasteiger partial charge in [0.15, 0.2) is 11.4 Å². The van der Waals surface area contributed by atoms with Gasteiger partial charge in [-0.15, -0.1) is 0 Å². The summed E-state index contributed by atoms with van der Waals surface area (Å²) in [6.07, 6.45) is 2.93. The fraction of sp³-hybridized carbons (Fsp3) is 0.0909. The summed E-state index contributed by atoms with van der Waals surface area (Å²) >= 11 is 0. The van der Waals surface area contributed by atoms with E-state index in [1.807, 2.05) is 0 Å². The number of aromatic nitrogens is 3. The Kier molecular flexibility index (Phi) is 3.15. The average molecular weight is 262 g/mol. The predicted molar refractivity (Wildman–Crippen MR) is 64.1 cm³/mol. The van der Waals surface area contributed by atoms with Crippen molar-refractivity contribution in [1.82, 2.24) is 14.8 Å². The van der Waals surface area contributed by atoms with E-state index in [0.29, 0.717) is 5.69 Å². The van der Waals surface area contributed by atoms with Crippen LogP contribution in [0.15, 0.2) is 24.5 Å². The molecule has 0 saturated heterocycles. The molecule has 0 atom stereocenters. The van der Waals surface area contributed by atoms with Gasteiger partial charge in [-0.05, 0) is 12.1 Å². The number of anilines is 1. The molecule has 0 unspecified atom stereocenters. The molecule has 2 aromatic heterocycles. The van der Waals surface area contributed by atoms with Crippen LogP contribution in [0.5, 0.6) is 0 Å². The number of esters is 1. The Labute approximate surface area is 107 Å². The largest absolute Gasteiger partial charge is 0.476 e. The molecular formula is C11H10N4O4. The number of rotatable bonds is 3. The van der Waals surface area contributed by atoms with Crippen LogP contribution in [0.4, 0.5) is 5.69 Å². The number of carbonyl (C=O) groups excluding carboxylic acids is 1. The second-order valence-corrected chi connectivity index (χ2v) is 3.53. The molecule has 0 radical (unpaired) electrons. The fourth-order valence-corrected chi connectivity index (χ4v) is 1.55. The van der Waals surface area contributed by atoms with E-state index in [0.717, 1.165) is 11.8 Å². The van der Waals surface area contributed by atoms with Gasteiger partial charge >= 0.3 is 11.9 Å². The van der Waals surface area contributed by atoms with Crippen LogP contribution < -0.4 is 5.73 Å². The molecule has 0 saturated carbocycles. The van der Waals surface area contributed by atoms with Gasteiger partial charge in [0.2, 0.25) is 0 Å². The van der Waals surface area contributed by atoms with Gasteiger partial charge in [-0.25, -0.2) is 14.3 Å². The summed E-state index contributed by atoms with van der Waals surface area (Å²) in [4.78, 5) is 26.5. The van der Waals surface area contributed by atoms with Gasteiger partial charge in [-0.3, -0.25) is 4.98 Å². The quantitative estimate of drug-likeness (QED) is 0.765. The highest BCUT2D eigenvalue weighted by Crippen LogP contribution is 2.21. The molecule has 0 aliphatic heterocycles. The van der Waals surface area contributed by atoms with Crippen molar-refractivity contribution in [3.8, 4) is 5.69 Å². The molecule has 2 heterocycles. The number of pyridine rings is 1. The molecule has 0 aliphatic carbocycles. The van der Waals surface area contributed by atoms with Crippen LogP contribution in [0.2, 0.25) is 0 Å². The lowest BCUT2D eigenvalue weighted by Gasteiger charge is -2.02. The zero-order valence-corrected chi connectivity index (χ0v) is 9.90. The summed E-state index contributed by atoms with van der Waals surface area (Å²) in [5.74, 6) is -2.10. The highest BCUT2D eigenvalue weighted by Gasteiger charge is 2.26. The smallest absolute Gasteiger partial charge is 0.360 e. The summed E-state index contributed by atoms with van der Waals surface area (Å²) in [5.41, 5.74) is 5.20. The SMILES string of the molecule is COC(=O)c1nn(-c2cccnc2)c(C(=O)O)c1N. The summed E-state index contributed by atoms with van der Waals surface area (Å²) in [6, 6.07) is 3.20. The minimum Gasteiger partial charge on any atom is -0.476 e. The monoisotopic (exact) mass is 262 g/mol. The van der Waals surface area contributed by atoms with Crippen LogP contribution in [0, 0.1) is 0 Å². The second-order valence-electron chi connectivity index (χ2n) is 3.53. The molecule has 0 spiro atoms. The molecule has 98 valence electrons. The first-order valence-corrected chi connectivity index (χ1v) is 5.16. The van der Waals surface area contributed by atoms with Crippen molar-refractivity contribution in [2.24, 2.45) is 0 Å². The number of hydrogen-bond donors (Lipinski definition) is 2. The van der Waals surface area contributed by atoms with Crippen molar-refractivity contribution in [3.05, 3.63) is 35.9 Å².